The summed E-state index contributed by atoms with van der Waals surface area (Å²) in [6.45, 7) is 4.49. The van der Waals surface area contributed by atoms with Crippen LogP contribution in [0.3, 0.4) is 0 Å². The van der Waals surface area contributed by atoms with Gasteiger partial charge in [-0.15, -0.1) is 10.2 Å². The maximum Gasteiger partial charge on any atom is 0.297 e. The van der Waals surface area contributed by atoms with Crippen LogP contribution in [0.5, 0.6) is 0 Å². The van der Waals surface area contributed by atoms with Gasteiger partial charge in [0.25, 0.3) is 11.7 Å². The van der Waals surface area contributed by atoms with E-state index in [0.717, 1.165) is 24.7 Å². The third-order valence-electron chi connectivity index (χ3n) is 3.82. The molecule has 2 heterocycles. The molecule has 7 heteroatoms. The minimum atomic E-state index is -0.372. The van der Waals surface area contributed by atoms with Gasteiger partial charge in [0.1, 0.15) is 0 Å². The van der Waals surface area contributed by atoms with E-state index in [9.17, 15) is 4.79 Å². The largest absolute Gasteiger partial charge is 0.372 e. The molecule has 0 atom stereocenters. The molecule has 1 aromatic carbocycles. The van der Waals surface area contributed by atoms with Crippen LogP contribution in [0.4, 0.5) is 11.4 Å². The zero-order chi connectivity index (χ0) is 14.7. The Balaban J connectivity index is 1.63. The van der Waals surface area contributed by atoms with Gasteiger partial charge in [0.15, 0.2) is 0 Å². The molecule has 1 saturated heterocycles. The molecule has 2 N–H and O–H groups in total. The third kappa shape index (κ3) is 3.18. The average molecular weight is 286 g/mol. The van der Waals surface area contributed by atoms with Crippen molar-refractivity contribution in [2.75, 3.05) is 23.3 Å². The maximum absolute atomic E-state index is 11.8. The number of carbonyl (C=O) groups excluding carboxylic acids is 1. The minimum Gasteiger partial charge on any atom is -0.372 e. The molecule has 0 radical (unpaired) electrons. The Labute approximate surface area is 122 Å². The summed E-state index contributed by atoms with van der Waals surface area (Å²) < 4.78 is 0. The summed E-state index contributed by atoms with van der Waals surface area (Å²) in [5.41, 5.74) is 1.92. The van der Waals surface area contributed by atoms with Crippen molar-refractivity contribution in [2.24, 2.45) is 5.92 Å². The summed E-state index contributed by atoms with van der Waals surface area (Å²) >= 11 is 0. The van der Waals surface area contributed by atoms with Gasteiger partial charge < -0.3 is 10.2 Å². The van der Waals surface area contributed by atoms with Crippen LogP contribution in [-0.4, -0.2) is 39.6 Å². The van der Waals surface area contributed by atoms with Crippen molar-refractivity contribution < 1.29 is 4.79 Å². The maximum atomic E-state index is 11.8. The molecular formula is C14H18N6O. The predicted molar refractivity (Wildman–Crippen MR) is 79.2 cm³/mol. The van der Waals surface area contributed by atoms with Gasteiger partial charge in [0.05, 0.1) is 0 Å². The molecule has 2 aromatic rings. The number of anilines is 2. The van der Waals surface area contributed by atoms with E-state index < -0.39 is 0 Å². The lowest BCUT2D eigenvalue weighted by Crippen LogP contribution is -2.32. The third-order valence-corrected chi connectivity index (χ3v) is 3.82. The van der Waals surface area contributed by atoms with Gasteiger partial charge in [-0.25, -0.2) is 0 Å². The zero-order valence-electron chi connectivity index (χ0n) is 11.9. The number of H-pyrrole nitrogens is 1. The SMILES string of the molecule is CC1CCN(c2ccc(NC(=O)c3nn[nH]n3)cc2)CC1. The topological polar surface area (TPSA) is 86.8 Å². The highest BCUT2D eigenvalue weighted by Gasteiger charge is 2.16. The lowest BCUT2D eigenvalue weighted by Gasteiger charge is -2.32. The number of aromatic amines is 1. The molecule has 0 unspecified atom stereocenters. The van der Waals surface area contributed by atoms with E-state index in [1.54, 1.807) is 0 Å². The number of aromatic nitrogens is 4. The van der Waals surface area contributed by atoms with Crippen LogP contribution < -0.4 is 10.2 Å². The second-order valence-corrected chi connectivity index (χ2v) is 5.41. The number of rotatable bonds is 3. The number of piperidine rings is 1. The highest BCUT2D eigenvalue weighted by Crippen LogP contribution is 2.24. The smallest absolute Gasteiger partial charge is 0.297 e. The fraction of sp³-hybridized carbons (Fsp3) is 0.429. The normalized spacial score (nSPS) is 16.0. The van der Waals surface area contributed by atoms with Crippen molar-refractivity contribution in [3.05, 3.63) is 30.1 Å². The van der Waals surface area contributed by atoms with Crippen LogP contribution in [0, 0.1) is 5.92 Å². The Kier molecular flexibility index (Phi) is 3.81. The van der Waals surface area contributed by atoms with Gasteiger partial charge >= 0.3 is 0 Å². The van der Waals surface area contributed by atoms with E-state index in [1.807, 2.05) is 24.3 Å². The minimum absolute atomic E-state index is 0.0316. The van der Waals surface area contributed by atoms with Crippen LogP contribution in [0.25, 0.3) is 0 Å². The first-order valence-electron chi connectivity index (χ1n) is 7.12. The molecule has 3 rings (SSSR count). The lowest BCUT2D eigenvalue weighted by molar-refractivity contribution is 0.101. The summed E-state index contributed by atoms with van der Waals surface area (Å²) in [5.74, 6) is 0.474. The van der Waals surface area contributed by atoms with Crippen LogP contribution in [-0.2, 0) is 0 Å². The second-order valence-electron chi connectivity index (χ2n) is 5.41. The highest BCUT2D eigenvalue weighted by atomic mass is 16.2. The van der Waals surface area contributed by atoms with E-state index in [-0.39, 0.29) is 11.7 Å². The standard InChI is InChI=1S/C14H18N6O/c1-10-6-8-20(9-7-10)12-4-2-11(3-5-12)15-14(21)13-16-18-19-17-13/h2-5,10H,6-9H2,1H3,(H,15,21)(H,16,17,18,19). The molecule has 0 saturated carbocycles. The first-order valence-corrected chi connectivity index (χ1v) is 7.12. The van der Waals surface area contributed by atoms with Gasteiger partial charge in [-0.1, -0.05) is 6.92 Å². The molecule has 7 nitrogen and oxygen atoms in total. The highest BCUT2D eigenvalue weighted by molar-refractivity contribution is 6.01. The Morgan fingerprint density at radius 1 is 1.29 bits per heavy atom. The number of hydrogen-bond acceptors (Lipinski definition) is 5. The molecule has 0 aliphatic carbocycles. The Hall–Kier alpha value is -2.44. The van der Waals surface area contributed by atoms with E-state index >= 15 is 0 Å². The average Bonchev–Trinajstić information content (AvgIpc) is 3.03. The van der Waals surface area contributed by atoms with Crippen LogP contribution in [0.15, 0.2) is 24.3 Å². The lowest BCUT2D eigenvalue weighted by atomic mass is 9.99. The Bertz CT molecular complexity index is 586. The van der Waals surface area contributed by atoms with Crippen molar-refractivity contribution in [1.82, 2.24) is 20.6 Å². The summed E-state index contributed by atoms with van der Waals surface area (Å²) in [7, 11) is 0. The number of amides is 1. The van der Waals surface area contributed by atoms with Gasteiger partial charge in [-0.2, -0.15) is 5.21 Å². The van der Waals surface area contributed by atoms with Crippen molar-refractivity contribution in [3.63, 3.8) is 0 Å². The van der Waals surface area contributed by atoms with Gasteiger partial charge in [0.2, 0.25) is 0 Å². The summed E-state index contributed by atoms with van der Waals surface area (Å²) in [6, 6.07) is 7.85. The molecule has 1 aliphatic rings. The quantitative estimate of drug-likeness (QED) is 0.896. The molecule has 110 valence electrons. The van der Waals surface area contributed by atoms with Crippen LogP contribution in [0.2, 0.25) is 0 Å². The number of benzene rings is 1. The number of carbonyl (C=O) groups is 1. The fourth-order valence-corrected chi connectivity index (χ4v) is 2.47. The van der Waals surface area contributed by atoms with Gasteiger partial charge in [-0.05, 0) is 48.2 Å². The van der Waals surface area contributed by atoms with Crippen molar-refractivity contribution >= 4 is 17.3 Å². The molecule has 1 aliphatic heterocycles. The number of nitrogens with one attached hydrogen (secondary N) is 2. The van der Waals surface area contributed by atoms with E-state index in [1.165, 1.54) is 18.5 Å². The number of tetrazole rings is 1. The molecular weight excluding hydrogens is 268 g/mol. The van der Waals surface area contributed by atoms with Gasteiger partial charge in [-0.3, -0.25) is 4.79 Å². The summed E-state index contributed by atoms with van der Waals surface area (Å²) in [4.78, 5) is 14.2. The van der Waals surface area contributed by atoms with E-state index in [0.29, 0.717) is 0 Å². The van der Waals surface area contributed by atoms with Crippen LogP contribution in [0.1, 0.15) is 30.4 Å². The van der Waals surface area contributed by atoms with Crippen molar-refractivity contribution in [1.29, 1.82) is 0 Å². The van der Waals surface area contributed by atoms with Crippen molar-refractivity contribution in [3.8, 4) is 0 Å². The molecule has 1 amide bonds. The molecule has 0 spiro atoms. The summed E-state index contributed by atoms with van der Waals surface area (Å²) in [5, 5.41) is 15.6. The Morgan fingerprint density at radius 2 is 2.00 bits per heavy atom. The van der Waals surface area contributed by atoms with E-state index in [2.05, 4.69) is 37.8 Å². The molecule has 1 aromatic heterocycles. The fourth-order valence-electron chi connectivity index (χ4n) is 2.47. The molecule has 0 bridgehead atoms. The zero-order valence-corrected chi connectivity index (χ0v) is 11.9. The summed E-state index contributed by atoms with van der Waals surface area (Å²) in [6.07, 6.45) is 2.46. The first-order chi connectivity index (χ1) is 10.2. The van der Waals surface area contributed by atoms with Crippen molar-refractivity contribution in [2.45, 2.75) is 19.8 Å². The number of nitrogens with zero attached hydrogens (tertiary/aromatic N) is 4. The van der Waals surface area contributed by atoms with Crippen LogP contribution >= 0.6 is 0 Å². The second kappa shape index (κ2) is 5.90. The number of hydrogen-bond donors (Lipinski definition) is 2. The van der Waals surface area contributed by atoms with Gasteiger partial charge in [0, 0.05) is 24.5 Å². The Morgan fingerprint density at radius 3 is 2.62 bits per heavy atom. The molecule has 1 fully saturated rings. The predicted octanol–water partition coefficient (Wildman–Crippen LogP) is 1.69. The molecule has 21 heavy (non-hydrogen) atoms. The monoisotopic (exact) mass is 286 g/mol. The first kappa shape index (κ1) is 13.5. The van der Waals surface area contributed by atoms with E-state index in [4.69, 9.17) is 0 Å².